The summed E-state index contributed by atoms with van der Waals surface area (Å²) < 4.78 is 29.0. The number of sulfonamides is 1. The largest absolute Gasteiger partial charge is 0.340 e. The number of nitriles is 1. The van der Waals surface area contributed by atoms with Gasteiger partial charge in [0.2, 0.25) is 15.9 Å². The normalized spacial score (nSPS) is 24.8. The number of nitrogens with zero attached hydrogens (tertiary/aromatic N) is 4. The molecule has 1 aliphatic heterocycles. The Labute approximate surface area is 198 Å². The van der Waals surface area contributed by atoms with Crippen LogP contribution in [-0.4, -0.2) is 72.7 Å². The van der Waals surface area contributed by atoms with Gasteiger partial charge < -0.3 is 4.90 Å². The maximum Gasteiger partial charge on any atom is 0.243 e. The molecule has 0 spiro atoms. The summed E-state index contributed by atoms with van der Waals surface area (Å²) in [5, 5.41) is 9.12. The van der Waals surface area contributed by atoms with Crippen molar-refractivity contribution in [2.75, 3.05) is 26.2 Å². The molecule has 1 aromatic carbocycles. The maximum atomic E-state index is 13.6. The van der Waals surface area contributed by atoms with Crippen LogP contribution in [0.4, 0.5) is 0 Å². The van der Waals surface area contributed by atoms with E-state index in [4.69, 9.17) is 5.26 Å². The van der Waals surface area contributed by atoms with Crippen molar-refractivity contribution in [3.8, 4) is 6.07 Å². The number of aryl methyl sites for hydroxylation is 1. The number of hydrogen-bond donors (Lipinski definition) is 0. The molecule has 0 N–H and O–H groups in total. The fourth-order valence-corrected chi connectivity index (χ4v) is 7.58. The van der Waals surface area contributed by atoms with Crippen molar-refractivity contribution < 1.29 is 13.2 Å². The van der Waals surface area contributed by atoms with Gasteiger partial charge in [0.1, 0.15) is 0 Å². The lowest BCUT2D eigenvalue weighted by Gasteiger charge is -2.40. The molecule has 1 amide bonds. The zero-order chi connectivity index (χ0) is 23.8. The Bertz CT molecular complexity index is 1010. The molecule has 1 saturated heterocycles. The smallest absolute Gasteiger partial charge is 0.243 e. The molecular weight excluding hydrogens is 436 g/mol. The molecule has 3 aliphatic rings. The lowest BCUT2D eigenvalue weighted by Crippen LogP contribution is -2.52. The van der Waals surface area contributed by atoms with E-state index in [0.29, 0.717) is 22.1 Å². The highest BCUT2D eigenvalue weighted by atomic mass is 32.2. The van der Waals surface area contributed by atoms with Crippen molar-refractivity contribution in [1.82, 2.24) is 14.1 Å². The molecule has 7 nitrogen and oxygen atoms in total. The predicted octanol–water partition coefficient (Wildman–Crippen LogP) is 3.13. The first-order chi connectivity index (χ1) is 15.7. The summed E-state index contributed by atoms with van der Waals surface area (Å²) in [6.07, 6.45) is 4.75. The maximum absolute atomic E-state index is 13.6. The third-order valence-corrected chi connectivity index (χ3v) is 9.69. The number of piperazine rings is 1. The van der Waals surface area contributed by atoms with Gasteiger partial charge in [-0.05, 0) is 83.1 Å². The molecule has 4 rings (SSSR count). The van der Waals surface area contributed by atoms with E-state index in [1.54, 1.807) is 29.4 Å². The number of amides is 1. The minimum Gasteiger partial charge on any atom is -0.340 e. The van der Waals surface area contributed by atoms with Gasteiger partial charge in [-0.25, -0.2) is 8.42 Å². The van der Waals surface area contributed by atoms with Gasteiger partial charge in [-0.1, -0.05) is 0 Å². The summed E-state index contributed by atoms with van der Waals surface area (Å²) in [5.74, 6) is 0.257. The molecule has 180 valence electrons. The molecule has 2 aliphatic carbocycles. The molecule has 3 fully saturated rings. The van der Waals surface area contributed by atoms with Crippen LogP contribution in [0.1, 0.15) is 63.5 Å². The quantitative estimate of drug-likeness (QED) is 0.635. The number of carbonyl (C=O) groups is 1. The molecule has 0 aromatic heterocycles. The summed E-state index contributed by atoms with van der Waals surface area (Å²) in [6, 6.07) is 7.39. The third kappa shape index (κ3) is 5.11. The van der Waals surface area contributed by atoms with Crippen LogP contribution >= 0.6 is 0 Å². The standard InChI is InChI=1S/C25H36N4O3S/c1-18(2)27-12-14-28(15-13-27)25(30)21-5-7-22(8-6-21)29(23-9-10-23)33(31,32)24-11-4-20(17-26)16-19(24)3/h4,11,16,18,21-23H,5-10,12-15H2,1-3H3. The first-order valence-corrected chi connectivity index (χ1v) is 13.7. The summed E-state index contributed by atoms with van der Waals surface area (Å²) in [6.45, 7) is 9.57. The number of carbonyl (C=O) groups excluding carboxylic acids is 1. The number of benzene rings is 1. The highest BCUT2D eigenvalue weighted by Gasteiger charge is 2.44. The molecule has 1 heterocycles. The highest BCUT2D eigenvalue weighted by molar-refractivity contribution is 7.89. The second-order valence-corrected chi connectivity index (χ2v) is 11.9. The van der Waals surface area contributed by atoms with Crippen molar-refractivity contribution in [3.63, 3.8) is 0 Å². The monoisotopic (exact) mass is 472 g/mol. The Morgan fingerprint density at radius 2 is 1.61 bits per heavy atom. The van der Waals surface area contributed by atoms with Crippen molar-refractivity contribution in [3.05, 3.63) is 29.3 Å². The second-order valence-electron chi connectivity index (χ2n) is 10.1. The van der Waals surface area contributed by atoms with E-state index in [-0.39, 0.29) is 23.9 Å². The average Bonchev–Trinajstić information content (AvgIpc) is 3.63. The van der Waals surface area contributed by atoms with Crippen LogP contribution in [0.2, 0.25) is 0 Å². The minimum absolute atomic E-state index is 0.00672. The fraction of sp³-hybridized carbons (Fsp3) is 0.680. The summed E-state index contributed by atoms with van der Waals surface area (Å²) in [7, 11) is -3.64. The Morgan fingerprint density at radius 1 is 1.03 bits per heavy atom. The van der Waals surface area contributed by atoms with Gasteiger partial charge in [0.25, 0.3) is 0 Å². The van der Waals surface area contributed by atoms with E-state index >= 15 is 0 Å². The van der Waals surface area contributed by atoms with Crippen LogP contribution in [0.3, 0.4) is 0 Å². The van der Waals surface area contributed by atoms with Gasteiger partial charge in [0.05, 0.1) is 16.5 Å². The van der Waals surface area contributed by atoms with E-state index in [1.165, 1.54) is 0 Å². The molecular formula is C25H36N4O3S. The first kappa shape index (κ1) is 24.2. The van der Waals surface area contributed by atoms with Crippen LogP contribution in [0.5, 0.6) is 0 Å². The van der Waals surface area contributed by atoms with Gasteiger partial charge in [-0.3, -0.25) is 9.69 Å². The van der Waals surface area contributed by atoms with Crippen LogP contribution in [0.15, 0.2) is 23.1 Å². The van der Waals surface area contributed by atoms with E-state index < -0.39 is 10.0 Å². The van der Waals surface area contributed by atoms with Gasteiger partial charge >= 0.3 is 0 Å². The molecule has 1 aromatic rings. The van der Waals surface area contributed by atoms with E-state index in [1.807, 2.05) is 4.90 Å². The van der Waals surface area contributed by atoms with Gasteiger partial charge in [0, 0.05) is 50.2 Å². The van der Waals surface area contributed by atoms with Crippen LogP contribution < -0.4 is 0 Å². The lowest BCUT2D eigenvalue weighted by molar-refractivity contribution is -0.138. The molecule has 33 heavy (non-hydrogen) atoms. The summed E-state index contributed by atoms with van der Waals surface area (Å²) in [5.41, 5.74) is 1.08. The third-order valence-electron chi connectivity index (χ3n) is 7.53. The van der Waals surface area contributed by atoms with E-state index in [0.717, 1.165) is 64.7 Å². The molecule has 0 bridgehead atoms. The van der Waals surface area contributed by atoms with Crippen molar-refractivity contribution >= 4 is 15.9 Å². The van der Waals surface area contributed by atoms with Crippen LogP contribution in [0.25, 0.3) is 0 Å². The Balaban J connectivity index is 1.41. The molecule has 0 radical (unpaired) electrons. The molecule has 0 atom stereocenters. The van der Waals surface area contributed by atoms with Crippen molar-refractivity contribution in [2.45, 2.75) is 82.3 Å². The predicted molar refractivity (Wildman–Crippen MR) is 127 cm³/mol. The Morgan fingerprint density at radius 3 is 2.09 bits per heavy atom. The van der Waals surface area contributed by atoms with Gasteiger partial charge in [0.15, 0.2) is 0 Å². The zero-order valence-electron chi connectivity index (χ0n) is 20.0. The summed E-state index contributed by atoms with van der Waals surface area (Å²) in [4.78, 5) is 17.8. The molecule has 2 saturated carbocycles. The van der Waals surface area contributed by atoms with Crippen LogP contribution in [0, 0.1) is 24.2 Å². The van der Waals surface area contributed by atoms with Crippen LogP contribution in [-0.2, 0) is 14.8 Å². The second kappa shape index (κ2) is 9.73. The molecule has 0 unspecified atom stereocenters. The first-order valence-electron chi connectivity index (χ1n) is 12.3. The lowest BCUT2D eigenvalue weighted by atomic mass is 9.85. The van der Waals surface area contributed by atoms with E-state index in [9.17, 15) is 13.2 Å². The number of hydrogen-bond acceptors (Lipinski definition) is 5. The Kier molecular flexibility index (Phi) is 7.13. The topological polar surface area (TPSA) is 84.7 Å². The minimum atomic E-state index is -3.64. The number of rotatable bonds is 6. The van der Waals surface area contributed by atoms with Gasteiger partial charge in [-0.15, -0.1) is 0 Å². The van der Waals surface area contributed by atoms with Crippen molar-refractivity contribution in [1.29, 1.82) is 5.26 Å². The fourth-order valence-electron chi connectivity index (χ4n) is 5.44. The Hall–Kier alpha value is -1.95. The molecule has 8 heteroatoms. The highest BCUT2D eigenvalue weighted by Crippen LogP contribution is 2.40. The SMILES string of the molecule is Cc1cc(C#N)ccc1S(=O)(=O)N(C1CCC(C(=O)N2CCN(C(C)C)CC2)CC1)C1CC1. The zero-order valence-corrected chi connectivity index (χ0v) is 20.9. The summed E-state index contributed by atoms with van der Waals surface area (Å²) >= 11 is 0. The van der Waals surface area contributed by atoms with Crippen molar-refractivity contribution in [2.24, 2.45) is 5.92 Å². The van der Waals surface area contributed by atoms with Gasteiger partial charge in [-0.2, -0.15) is 9.57 Å². The average molecular weight is 473 g/mol. The van der Waals surface area contributed by atoms with E-state index in [2.05, 4.69) is 24.8 Å².